The van der Waals surface area contributed by atoms with Gasteiger partial charge in [-0.3, -0.25) is 10.1 Å². The number of aromatic nitrogens is 1. The van der Waals surface area contributed by atoms with Gasteiger partial charge in [-0.05, 0) is 36.8 Å². The van der Waals surface area contributed by atoms with E-state index in [4.69, 9.17) is 0 Å². The van der Waals surface area contributed by atoms with E-state index in [2.05, 4.69) is 24.5 Å². The second-order valence-corrected chi connectivity index (χ2v) is 3.07. The largest absolute Gasteiger partial charge is 0.295 e. The van der Waals surface area contributed by atoms with Gasteiger partial charge in [-0.1, -0.05) is 12.1 Å². The molecule has 2 heteroatoms. The van der Waals surface area contributed by atoms with Gasteiger partial charge in [0.1, 0.15) is 0 Å². The molecule has 0 unspecified atom stereocenters. The number of hydrogen-bond acceptors (Lipinski definition) is 1. The molecule has 0 radical (unpaired) electrons. The van der Waals surface area contributed by atoms with E-state index in [-0.39, 0.29) is 0 Å². The van der Waals surface area contributed by atoms with E-state index in [9.17, 15) is 0 Å². The third-order valence-corrected chi connectivity index (χ3v) is 1.88. The number of benzene rings is 1. The number of aryl methyl sites for hydroxylation is 1. The average Bonchev–Trinajstić information content (AvgIpc) is 2.57. The maximum atomic E-state index is 3.24. The van der Waals surface area contributed by atoms with Crippen molar-refractivity contribution in [3.63, 3.8) is 0 Å². The second kappa shape index (κ2) is 3.35. The van der Waals surface area contributed by atoms with Gasteiger partial charge in [0.05, 0.1) is 5.69 Å². The summed E-state index contributed by atoms with van der Waals surface area (Å²) in [5, 5.41) is 0. The molecule has 0 amide bonds. The van der Waals surface area contributed by atoms with Crippen molar-refractivity contribution in [2.75, 3.05) is 5.43 Å². The first kappa shape index (κ1) is 7.92. The van der Waals surface area contributed by atoms with Crippen molar-refractivity contribution in [1.29, 1.82) is 0 Å². The van der Waals surface area contributed by atoms with Gasteiger partial charge in [0.2, 0.25) is 0 Å². The summed E-state index contributed by atoms with van der Waals surface area (Å²) in [5.74, 6) is 0. The van der Waals surface area contributed by atoms with Crippen LogP contribution in [0.15, 0.2) is 48.8 Å². The Morgan fingerprint density at radius 3 is 2.54 bits per heavy atom. The van der Waals surface area contributed by atoms with Gasteiger partial charge in [-0.2, -0.15) is 0 Å². The van der Waals surface area contributed by atoms with Crippen LogP contribution in [-0.2, 0) is 0 Å². The minimum absolute atomic E-state index is 1.11. The van der Waals surface area contributed by atoms with Crippen LogP contribution < -0.4 is 5.43 Å². The average molecular weight is 172 g/mol. The summed E-state index contributed by atoms with van der Waals surface area (Å²) in [5.41, 5.74) is 5.61. The Balaban J connectivity index is 2.19. The fraction of sp³-hybridized carbons (Fsp3) is 0.0909. The summed E-state index contributed by atoms with van der Waals surface area (Å²) in [6.45, 7) is 2.08. The van der Waals surface area contributed by atoms with Crippen LogP contribution in [0.3, 0.4) is 0 Å². The van der Waals surface area contributed by atoms with Crippen molar-refractivity contribution in [2.24, 2.45) is 0 Å². The zero-order valence-corrected chi connectivity index (χ0v) is 7.57. The molecule has 2 aromatic rings. The smallest absolute Gasteiger partial charge is 0.0548 e. The van der Waals surface area contributed by atoms with Crippen molar-refractivity contribution < 1.29 is 0 Å². The van der Waals surface area contributed by atoms with Gasteiger partial charge in [-0.25, -0.2) is 0 Å². The summed E-state index contributed by atoms with van der Waals surface area (Å²) in [6, 6.07) is 12.3. The predicted molar refractivity (Wildman–Crippen MR) is 54.6 cm³/mol. The lowest BCUT2D eigenvalue weighted by atomic mass is 10.2. The maximum absolute atomic E-state index is 3.24. The zero-order chi connectivity index (χ0) is 9.10. The Morgan fingerprint density at radius 2 is 1.85 bits per heavy atom. The summed E-state index contributed by atoms with van der Waals surface area (Å²) < 4.78 is 1.93. The predicted octanol–water partition coefficient (Wildman–Crippen LogP) is 2.67. The van der Waals surface area contributed by atoms with Crippen LogP contribution in [-0.4, -0.2) is 4.68 Å². The topological polar surface area (TPSA) is 17.0 Å². The molecule has 0 aliphatic heterocycles. The maximum Gasteiger partial charge on any atom is 0.0548 e. The molecule has 0 saturated carbocycles. The molecule has 13 heavy (non-hydrogen) atoms. The third kappa shape index (κ3) is 1.90. The standard InChI is InChI=1S/C11H12N2/c1-10-5-4-6-11(9-10)12-13-7-2-3-8-13/h2-9,12H,1H3. The van der Waals surface area contributed by atoms with Crippen molar-refractivity contribution in [3.8, 4) is 0 Å². The van der Waals surface area contributed by atoms with E-state index < -0.39 is 0 Å². The number of anilines is 1. The van der Waals surface area contributed by atoms with Crippen molar-refractivity contribution in [3.05, 3.63) is 54.4 Å². The lowest BCUT2D eigenvalue weighted by molar-refractivity contribution is 0.970. The molecule has 0 fully saturated rings. The third-order valence-electron chi connectivity index (χ3n) is 1.88. The van der Waals surface area contributed by atoms with Gasteiger partial charge in [0.15, 0.2) is 0 Å². The highest BCUT2D eigenvalue weighted by Gasteiger charge is 1.91. The van der Waals surface area contributed by atoms with Crippen molar-refractivity contribution >= 4 is 5.69 Å². The van der Waals surface area contributed by atoms with E-state index in [0.717, 1.165) is 5.69 Å². The van der Waals surface area contributed by atoms with Crippen molar-refractivity contribution in [1.82, 2.24) is 4.68 Å². The molecule has 0 saturated heterocycles. The highest BCUT2D eigenvalue weighted by Crippen LogP contribution is 2.09. The first-order valence-electron chi connectivity index (χ1n) is 4.31. The van der Waals surface area contributed by atoms with E-state index >= 15 is 0 Å². The number of nitrogens with one attached hydrogen (secondary N) is 1. The summed E-state index contributed by atoms with van der Waals surface area (Å²) in [7, 11) is 0. The minimum atomic E-state index is 1.11. The highest BCUT2D eigenvalue weighted by molar-refractivity contribution is 5.45. The lowest BCUT2D eigenvalue weighted by Crippen LogP contribution is -2.05. The second-order valence-electron chi connectivity index (χ2n) is 3.07. The molecule has 2 rings (SSSR count). The Morgan fingerprint density at radius 1 is 1.08 bits per heavy atom. The van der Waals surface area contributed by atoms with Crippen LogP contribution >= 0.6 is 0 Å². The number of rotatable bonds is 2. The molecule has 66 valence electrons. The van der Waals surface area contributed by atoms with E-state index in [1.807, 2.05) is 41.3 Å². The van der Waals surface area contributed by atoms with Gasteiger partial charge < -0.3 is 0 Å². The van der Waals surface area contributed by atoms with Gasteiger partial charge in [0, 0.05) is 12.4 Å². The van der Waals surface area contributed by atoms with Gasteiger partial charge >= 0.3 is 0 Å². The number of hydrogen-bond donors (Lipinski definition) is 1. The molecule has 0 aliphatic rings. The summed E-state index contributed by atoms with van der Waals surface area (Å²) >= 11 is 0. The fourth-order valence-corrected chi connectivity index (χ4v) is 1.27. The molecule has 1 heterocycles. The normalized spacial score (nSPS) is 9.92. The highest BCUT2D eigenvalue weighted by atomic mass is 15.4. The van der Waals surface area contributed by atoms with Crippen LogP contribution in [0.2, 0.25) is 0 Å². The number of nitrogens with zero attached hydrogens (tertiary/aromatic N) is 1. The summed E-state index contributed by atoms with van der Waals surface area (Å²) in [6.07, 6.45) is 3.95. The quantitative estimate of drug-likeness (QED) is 0.737. The first-order valence-corrected chi connectivity index (χ1v) is 4.31. The molecule has 1 aromatic carbocycles. The lowest BCUT2D eigenvalue weighted by Gasteiger charge is -2.07. The Kier molecular flexibility index (Phi) is 2.04. The molecule has 1 N–H and O–H groups in total. The zero-order valence-electron chi connectivity index (χ0n) is 7.57. The Bertz CT molecular complexity index is 377. The van der Waals surface area contributed by atoms with Gasteiger partial charge in [0.25, 0.3) is 0 Å². The fourth-order valence-electron chi connectivity index (χ4n) is 1.27. The Hall–Kier alpha value is -1.70. The van der Waals surface area contributed by atoms with Crippen molar-refractivity contribution in [2.45, 2.75) is 6.92 Å². The van der Waals surface area contributed by atoms with Crippen LogP contribution in [0.5, 0.6) is 0 Å². The molecule has 0 aliphatic carbocycles. The van der Waals surface area contributed by atoms with Crippen LogP contribution in [0.25, 0.3) is 0 Å². The molecule has 1 aromatic heterocycles. The summed E-state index contributed by atoms with van der Waals surface area (Å²) in [4.78, 5) is 0. The Labute approximate surface area is 77.8 Å². The van der Waals surface area contributed by atoms with E-state index in [1.165, 1.54) is 5.56 Å². The molecule has 0 spiro atoms. The first-order chi connectivity index (χ1) is 6.34. The van der Waals surface area contributed by atoms with Gasteiger partial charge in [-0.15, -0.1) is 0 Å². The minimum Gasteiger partial charge on any atom is -0.295 e. The van der Waals surface area contributed by atoms with Crippen LogP contribution in [0.4, 0.5) is 5.69 Å². The molecular weight excluding hydrogens is 160 g/mol. The van der Waals surface area contributed by atoms with E-state index in [1.54, 1.807) is 0 Å². The molecular formula is C11H12N2. The van der Waals surface area contributed by atoms with Crippen LogP contribution in [0.1, 0.15) is 5.56 Å². The van der Waals surface area contributed by atoms with E-state index in [0.29, 0.717) is 0 Å². The monoisotopic (exact) mass is 172 g/mol. The molecule has 0 bridgehead atoms. The van der Waals surface area contributed by atoms with Crippen LogP contribution in [0, 0.1) is 6.92 Å². The SMILES string of the molecule is Cc1cccc(Nn2cccc2)c1. The molecule has 0 atom stereocenters. The molecule has 2 nitrogen and oxygen atoms in total.